The van der Waals surface area contributed by atoms with Crippen molar-refractivity contribution < 1.29 is 0 Å². The molecule has 0 amide bonds. The van der Waals surface area contributed by atoms with Crippen molar-refractivity contribution in [2.45, 2.75) is 43.9 Å². The SMILES string of the molecule is N#Cc1c2ccccc2cc2c(-c3nc(-c4ccc(C56C[C@H]7C[C@@H](C5)C[C@@H](C6)C7)cc4)nc(-c4cccc(-c5ccccc5)c4)n3)cccc12. The van der Waals surface area contributed by atoms with Crippen LogP contribution in [0.1, 0.15) is 49.7 Å². The molecule has 4 saturated carbocycles. The molecule has 0 atom stereocenters. The summed E-state index contributed by atoms with van der Waals surface area (Å²) < 4.78 is 0. The summed E-state index contributed by atoms with van der Waals surface area (Å²) in [6, 6.07) is 46.9. The molecule has 50 heavy (non-hydrogen) atoms. The van der Waals surface area contributed by atoms with Crippen LogP contribution in [0, 0.1) is 29.1 Å². The zero-order valence-corrected chi connectivity index (χ0v) is 27.9. The molecule has 0 saturated heterocycles. The molecule has 1 aromatic heterocycles. The fourth-order valence-corrected chi connectivity index (χ4v) is 10.1. The molecule has 0 unspecified atom stereocenters. The second kappa shape index (κ2) is 11.5. The van der Waals surface area contributed by atoms with Gasteiger partial charge in [-0.25, -0.2) is 15.0 Å². The molecule has 4 bridgehead atoms. The Morgan fingerprint density at radius 2 is 1.10 bits per heavy atom. The number of fused-ring (bicyclic) bond motifs is 2. The number of hydrogen-bond donors (Lipinski definition) is 0. The largest absolute Gasteiger partial charge is 0.208 e. The average molecular weight is 645 g/mol. The van der Waals surface area contributed by atoms with E-state index in [1.54, 1.807) is 0 Å². The van der Waals surface area contributed by atoms with Crippen LogP contribution in [0.5, 0.6) is 0 Å². The van der Waals surface area contributed by atoms with Gasteiger partial charge in [-0.05, 0) is 101 Å². The minimum Gasteiger partial charge on any atom is -0.208 e. The predicted octanol–water partition coefficient (Wildman–Crippen LogP) is 11.2. The van der Waals surface area contributed by atoms with E-state index in [-0.39, 0.29) is 0 Å². The van der Waals surface area contributed by atoms with Gasteiger partial charge >= 0.3 is 0 Å². The topological polar surface area (TPSA) is 62.5 Å². The molecule has 240 valence electrons. The maximum Gasteiger partial charge on any atom is 0.164 e. The van der Waals surface area contributed by atoms with Gasteiger partial charge in [-0.15, -0.1) is 0 Å². The van der Waals surface area contributed by atoms with Crippen molar-refractivity contribution in [3.05, 3.63) is 139 Å². The van der Waals surface area contributed by atoms with E-state index in [4.69, 9.17) is 15.0 Å². The molecule has 4 nitrogen and oxygen atoms in total. The Morgan fingerprint density at radius 3 is 1.84 bits per heavy atom. The molecule has 4 fully saturated rings. The predicted molar refractivity (Wildman–Crippen MR) is 201 cm³/mol. The van der Waals surface area contributed by atoms with E-state index in [9.17, 15) is 5.26 Å². The highest BCUT2D eigenvalue weighted by Gasteiger charge is 2.51. The third-order valence-corrected chi connectivity index (χ3v) is 11.9. The summed E-state index contributed by atoms with van der Waals surface area (Å²) in [6.07, 6.45) is 8.36. The maximum atomic E-state index is 10.3. The fraction of sp³-hybridized carbons (Fsp3) is 0.217. The molecular formula is C46H36N4. The second-order valence-electron chi connectivity index (χ2n) is 15.0. The average Bonchev–Trinajstić information content (AvgIpc) is 3.16. The van der Waals surface area contributed by atoms with E-state index in [2.05, 4.69) is 97.1 Å². The first-order chi connectivity index (χ1) is 24.6. The Morgan fingerprint density at radius 1 is 0.500 bits per heavy atom. The van der Waals surface area contributed by atoms with E-state index in [1.165, 1.54) is 44.1 Å². The van der Waals surface area contributed by atoms with Gasteiger partial charge in [-0.3, -0.25) is 0 Å². The Kier molecular flexibility index (Phi) is 6.71. The van der Waals surface area contributed by atoms with Gasteiger partial charge in [0.2, 0.25) is 0 Å². The lowest BCUT2D eigenvalue weighted by atomic mass is 9.48. The minimum absolute atomic E-state index is 0.338. The number of rotatable bonds is 5. The summed E-state index contributed by atoms with van der Waals surface area (Å²) in [5.41, 5.74) is 7.58. The van der Waals surface area contributed by atoms with Crippen LogP contribution in [0.4, 0.5) is 0 Å². The highest BCUT2D eigenvalue weighted by atomic mass is 15.0. The first kappa shape index (κ1) is 29.3. The van der Waals surface area contributed by atoms with Gasteiger partial charge in [0.15, 0.2) is 17.5 Å². The molecule has 0 aliphatic heterocycles. The summed E-state index contributed by atoms with van der Waals surface area (Å²) in [7, 11) is 0. The smallest absolute Gasteiger partial charge is 0.164 e. The lowest BCUT2D eigenvalue weighted by molar-refractivity contribution is -0.00518. The molecule has 1 heterocycles. The van der Waals surface area contributed by atoms with Gasteiger partial charge in [0.05, 0.1) is 5.56 Å². The molecule has 4 heteroatoms. The fourth-order valence-electron chi connectivity index (χ4n) is 10.1. The third kappa shape index (κ3) is 4.83. The van der Waals surface area contributed by atoms with Crippen molar-refractivity contribution in [3.63, 3.8) is 0 Å². The van der Waals surface area contributed by atoms with Crippen molar-refractivity contribution in [2.75, 3.05) is 0 Å². The Labute approximate surface area is 292 Å². The first-order valence-corrected chi connectivity index (χ1v) is 18.0. The maximum absolute atomic E-state index is 10.3. The molecule has 6 aromatic carbocycles. The van der Waals surface area contributed by atoms with Crippen LogP contribution in [0.15, 0.2) is 127 Å². The van der Waals surface area contributed by atoms with Crippen molar-refractivity contribution in [1.29, 1.82) is 5.26 Å². The normalized spacial score (nSPS) is 22.2. The van der Waals surface area contributed by atoms with E-state index < -0.39 is 0 Å². The van der Waals surface area contributed by atoms with E-state index >= 15 is 0 Å². The van der Waals surface area contributed by atoms with Crippen LogP contribution in [-0.4, -0.2) is 15.0 Å². The molecule has 11 rings (SSSR count). The van der Waals surface area contributed by atoms with Crippen LogP contribution in [0.25, 0.3) is 66.8 Å². The van der Waals surface area contributed by atoms with Gasteiger partial charge < -0.3 is 0 Å². The Bertz CT molecular complexity index is 2440. The molecule has 7 aromatic rings. The van der Waals surface area contributed by atoms with Gasteiger partial charge in [0.1, 0.15) is 6.07 Å². The van der Waals surface area contributed by atoms with Crippen molar-refractivity contribution in [2.24, 2.45) is 17.8 Å². The Balaban J connectivity index is 1.13. The van der Waals surface area contributed by atoms with Crippen LogP contribution in [0.3, 0.4) is 0 Å². The molecule has 4 aliphatic carbocycles. The zero-order chi connectivity index (χ0) is 33.2. The number of hydrogen-bond acceptors (Lipinski definition) is 4. The van der Waals surface area contributed by atoms with E-state index in [0.717, 1.165) is 67.1 Å². The van der Waals surface area contributed by atoms with Gasteiger partial charge in [-0.1, -0.05) is 115 Å². The van der Waals surface area contributed by atoms with E-state index in [0.29, 0.717) is 28.5 Å². The summed E-state index contributed by atoms with van der Waals surface area (Å²) in [5.74, 6) is 4.60. The molecule has 0 spiro atoms. The standard InChI is InChI=1S/C46H36N4/c47-28-42-38-13-5-4-10-35(38)24-41-39(42)14-7-15-40(41)45-49-43(48-44(50-45)36-12-6-11-34(23-36)32-8-2-1-3-9-32)33-16-18-37(19-17-33)46-25-29-20-30(26-46)22-31(21-29)27-46/h1-19,23-24,29-31H,20-22,25-27H2/t29-,30+,31-,46?. The number of nitrogens with zero attached hydrogens (tertiary/aromatic N) is 4. The summed E-state index contributed by atoms with van der Waals surface area (Å²) >= 11 is 0. The summed E-state index contributed by atoms with van der Waals surface area (Å²) in [6.45, 7) is 0. The zero-order valence-electron chi connectivity index (χ0n) is 27.9. The van der Waals surface area contributed by atoms with E-state index in [1.807, 2.05) is 36.4 Å². The van der Waals surface area contributed by atoms with Crippen LogP contribution < -0.4 is 0 Å². The number of nitriles is 1. The van der Waals surface area contributed by atoms with Crippen LogP contribution in [0.2, 0.25) is 0 Å². The molecule has 0 N–H and O–H groups in total. The monoisotopic (exact) mass is 644 g/mol. The molecular weight excluding hydrogens is 609 g/mol. The molecule has 4 aliphatic rings. The second-order valence-corrected chi connectivity index (χ2v) is 15.0. The van der Waals surface area contributed by atoms with Gasteiger partial charge in [0, 0.05) is 27.5 Å². The molecule has 0 radical (unpaired) electrons. The lowest BCUT2D eigenvalue weighted by Gasteiger charge is -2.57. The van der Waals surface area contributed by atoms with Crippen molar-refractivity contribution in [3.8, 4) is 51.4 Å². The number of benzene rings is 6. The quantitative estimate of drug-likeness (QED) is 0.175. The third-order valence-electron chi connectivity index (χ3n) is 11.9. The highest BCUT2D eigenvalue weighted by molar-refractivity contribution is 6.09. The highest BCUT2D eigenvalue weighted by Crippen LogP contribution is 2.60. The Hall–Kier alpha value is -5.66. The van der Waals surface area contributed by atoms with Crippen LogP contribution >= 0.6 is 0 Å². The van der Waals surface area contributed by atoms with Crippen LogP contribution in [-0.2, 0) is 5.41 Å². The first-order valence-electron chi connectivity index (χ1n) is 18.0. The lowest BCUT2D eigenvalue weighted by Crippen LogP contribution is -2.48. The van der Waals surface area contributed by atoms with Crippen molar-refractivity contribution >= 4 is 21.5 Å². The van der Waals surface area contributed by atoms with Crippen molar-refractivity contribution in [1.82, 2.24) is 15.0 Å². The minimum atomic E-state index is 0.338. The number of aromatic nitrogens is 3. The van der Waals surface area contributed by atoms with Gasteiger partial charge in [0.25, 0.3) is 0 Å². The summed E-state index contributed by atoms with van der Waals surface area (Å²) in [4.78, 5) is 15.5. The van der Waals surface area contributed by atoms with Gasteiger partial charge in [-0.2, -0.15) is 5.26 Å². The summed E-state index contributed by atoms with van der Waals surface area (Å²) in [5, 5.41) is 14.1.